The van der Waals surface area contributed by atoms with E-state index in [9.17, 15) is 9.59 Å². The molecule has 0 saturated carbocycles. The smallest absolute Gasteiger partial charge is 0.321 e. The molecule has 0 aromatic carbocycles. The van der Waals surface area contributed by atoms with Gasteiger partial charge in [0.15, 0.2) is 0 Å². The predicted molar refractivity (Wildman–Crippen MR) is 83.2 cm³/mol. The maximum atomic E-state index is 11.0. The fraction of sp³-hybridized carbons (Fsp3) is 0.833. The molecule has 0 aliphatic rings. The monoisotopic (exact) mass is 324 g/mol. The Labute approximate surface area is 128 Å². The first-order chi connectivity index (χ1) is 9.23. The van der Waals surface area contributed by atoms with Crippen molar-refractivity contribution in [1.29, 1.82) is 0 Å². The number of carboxylic acid groups (broad SMARTS) is 2. The molecule has 0 radical (unpaired) electrons. The highest BCUT2D eigenvalue weighted by molar-refractivity contribution is 8.75. The minimum atomic E-state index is -0.899. The maximum Gasteiger partial charge on any atom is 0.321 e. The van der Waals surface area contributed by atoms with E-state index in [4.69, 9.17) is 10.2 Å². The first-order valence-corrected chi connectivity index (χ1v) is 8.68. The molecular formula is C12H24N2O4S2. The van der Waals surface area contributed by atoms with Gasteiger partial charge in [-0.1, -0.05) is 27.7 Å². The van der Waals surface area contributed by atoms with E-state index in [1.807, 2.05) is 27.7 Å². The van der Waals surface area contributed by atoms with Gasteiger partial charge in [-0.2, -0.15) is 0 Å². The van der Waals surface area contributed by atoms with Gasteiger partial charge < -0.3 is 10.2 Å². The van der Waals surface area contributed by atoms with Crippen molar-refractivity contribution in [3.05, 3.63) is 0 Å². The summed E-state index contributed by atoms with van der Waals surface area (Å²) >= 11 is 0. The summed E-state index contributed by atoms with van der Waals surface area (Å²) in [5.41, 5.74) is 0. The molecule has 0 rings (SSSR count). The van der Waals surface area contributed by atoms with Crippen molar-refractivity contribution in [2.75, 3.05) is 0 Å². The zero-order valence-electron chi connectivity index (χ0n) is 12.3. The van der Waals surface area contributed by atoms with Gasteiger partial charge in [0.1, 0.15) is 12.1 Å². The molecular weight excluding hydrogens is 300 g/mol. The Hall–Kier alpha value is -0.440. The highest BCUT2D eigenvalue weighted by Gasteiger charge is 2.21. The zero-order valence-corrected chi connectivity index (χ0v) is 13.9. The highest BCUT2D eigenvalue weighted by atomic mass is 33.1. The van der Waals surface area contributed by atoms with Crippen LogP contribution in [0.4, 0.5) is 0 Å². The van der Waals surface area contributed by atoms with Gasteiger partial charge in [0, 0.05) is 22.0 Å². The topological polar surface area (TPSA) is 98.7 Å². The molecule has 0 saturated heterocycles. The van der Waals surface area contributed by atoms with E-state index >= 15 is 0 Å². The third-order valence-corrected chi connectivity index (χ3v) is 4.10. The third-order valence-electron chi connectivity index (χ3n) is 2.43. The Morgan fingerprint density at radius 2 is 1.15 bits per heavy atom. The average Bonchev–Trinajstić information content (AvgIpc) is 2.29. The molecule has 6 nitrogen and oxygen atoms in total. The van der Waals surface area contributed by atoms with Crippen molar-refractivity contribution < 1.29 is 19.8 Å². The van der Waals surface area contributed by atoms with Crippen LogP contribution in [0.25, 0.3) is 0 Å². The molecule has 20 heavy (non-hydrogen) atoms. The SMILES string of the molecule is CC(C)C[C@H](NSSN[C@@H](CC(C)C)C(=O)O)C(=O)O. The van der Waals surface area contributed by atoms with Gasteiger partial charge >= 0.3 is 11.9 Å². The van der Waals surface area contributed by atoms with Gasteiger partial charge in [-0.15, -0.1) is 0 Å². The Morgan fingerprint density at radius 1 is 0.850 bits per heavy atom. The second-order valence-corrected chi connectivity index (χ2v) is 7.25. The number of rotatable bonds is 11. The molecule has 0 fully saturated rings. The summed E-state index contributed by atoms with van der Waals surface area (Å²) in [5, 5.41) is 18.1. The molecule has 2 atom stereocenters. The lowest BCUT2D eigenvalue weighted by molar-refractivity contribution is -0.140. The standard InChI is InChI=1S/C12H24N2O4S2/c1-7(2)5-9(11(15)16)13-19-20-14-10(12(17)18)6-8(3)4/h7-10,13-14H,5-6H2,1-4H3,(H,15,16)(H,17,18)/t9-,10-/m0/s1. The number of nitrogens with one attached hydrogen (secondary N) is 2. The van der Waals surface area contributed by atoms with E-state index in [0.29, 0.717) is 12.8 Å². The summed E-state index contributed by atoms with van der Waals surface area (Å²) in [5.74, 6) is -1.25. The summed E-state index contributed by atoms with van der Waals surface area (Å²) in [6.45, 7) is 7.82. The van der Waals surface area contributed by atoms with Crippen LogP contribution in [-0.4, -0.2) is 34.2 Å². The Balaban J connectivity index is 4.07. The van der Waals surface area contributed by atoms with Crippen molar-refractivity contribution >= 4 is 33.9 Å². The van der Waals surface area contributed by atoms with Crippen LogP contribution in [0, 0.1) is 11.8 Å². The Bertz CT molecular complexity index is 284. The van der Waals surface area contributed by atoms with Gasteiger partial charge in [0.2, 0.25) is 0 Å². The summed E-state index contributed by atoms with van der Waals surface area (Å²) in [7, 11) is 2.23. The van der Waals surface area contributed by atoms with Gasteiger partial charge in [-0.25, -0.2) is 9.44 Å². The predicted octanol–water partition coefficient (Wildman–Crippen LogP) is 2.38. The Kier molecular flexibility index (Phi) is 10.1. The van der Waals surface area contributed by atoms with Crippen molar-refractivity contribution in [1.82, 2.24) is 9.44 Å². The van der Waals surface area contributed by atoms with Gasteiger partial charge in [-0.05, 0) is 24.7 Å². The zero-order chi connectivity index (χ0) is 15.7. The number of hydrogen-bond acceptors (Lipinski definition) is 6. The van der Waals surface area contributed by atoms with Crippen LogP contribution >= 0.6 is 22.0 Å². The normalized spacial score (nSPS) is 14.5. The summed E-state index contributed by atoms with van der Waals surface area (Å²) in [6, 6.07) is -1.27. The average molecular weight is 324 g/mol. The van der Waals surface area contributed by atoms with E-state index in [2.05, 4.69) is 9.44 Å². The van der Waals surface area contributed by atoms with Crippen molar-refractivity contribution in [3.8, 4) is 0 Å². The summed E-state index contributed by atoms with van der Waals surface area (Å²) in [4.78, 5) is 22.0. The fourth-order valence-electron chi connectivity index (χ4n) is 1.51. The number of carbonyl (C=O) groups is 2. The lowest BCUT2D eigenvalue weighted by atomic mass is 10.1. The van der Waals surface area contributed by atoms with E-state index < -0.39 is 24.0 Å². The molecule has 0 aliphatic heterocycles. The van der Waals surface area contributed by atoms with E-state index in [-0.39, 0.29) is 11.8 Å². The van der Waals surface area contributed by atoms with E-state index in [1.54, 1.807) is 0 Å². The molecule has 0 heterocycles. The molecule has 0 amide bonds. The quantitative estimate of drug-likeness (QED) is 0.261. The highest BCUT2D eigenvalue weighted by Crippen LogP contribution is 2.19. The lowest BCUT2D eigenvalue weighted by Crippen LogP contribution is -2.35. The molecule has 0 aromatic heterocycles. The fourth-order valence-corrected chi connectivity index (χ4v) is 3.21. The minimum Gasteiger partial charge on any atom is -0.480 e. The largest absolute Gasteiger partial charge is 0.480 e. The van der Waals surface area contributed by atoms with Crippen LogP contribution in [0.3, 0.4) is 0 Å². The van der Waals surface area contributed by atoms with Crippen LogP contribution in [0.1, 0.15) is 40.5 Å². The lowest BCUT2D eigenvalue weighted by Gasteiger charge is -2.17. The third kappa shape index (κ3) is 9.46. The number of hydrogen-bond donors (Lipinski definition) is 4. The van der Waals surface area contributed by atoms with Crippen molar-refractivity contribution in [3.63, 3.8) is 0 Å². The molecule has 4 N–H and O–H groups in total. The summed E-state index contributed by atoms with van der Waals surface area (Å²) in [6.07, 6.45) is 1.05. The van der Waals surface area contributed by atoms with Crippen LogP contribution in [0.5, 0.6) is 0 Å². The maximum absolute atomic E-state index is 11.0. The van der Waals surface area contributed by atoms with Gasteiger partial charge in [-0.3, -0.25) is 9.59 Å². The van der Waals surface area contributed by atoms with Crippen LogP contribution < -0.4 is 9.44 Å². The molecule has 8 heteroatoms. The molecule has 0 spiro atoms. The van der Waals surface area contributed by atoms with Gasteiger partial charge in [0.05, 0.1) is 0 Å². The second kappa shape index (κ2) is 10.3. The Morgan fingerprint density at radius 3 is 1.35 bits per heavy atom. The van der Waals surface area contributed by atoms with E-state index in [1.165, 1.54) is 0 Å². The van der Waals surface area contributed by atoms with Crippen LogP contribution in [-0.2, 0) is 9.59 Å². The molecule has 0 unspecified atom stereocenters. The molecule has 118 valence electrons. The minimum absolute atomic E-state index is 0.273. The van der Waals surface area contributed by atoms with Gasteiger partial charge in [0.25, 0.3) is 0 Å². The first kappa shape index (κ1) is 19.6. The van der Waals surface area contributed by atoms with E-state index in [0.717, 1.165) is 22.0 Å². The van der Waals surface area contributed by atoms with Crippen LogP contribution in [0.15, 0.2) is 0 Å². The van der Waals surface area contributed by atoms with Crippen LogP contribution in [0.2, 0.25) is 0 Å². The molecule has 0 aliphatic carbocycles. The molecule has 0 bridgehead atoms. The number of carboxylic acids is 2. The molecule has 0 aromatic rings. The second-order valence-electron chi connectivity index (χ2n) is 5.44. The summed E-state index contributed by atoms with van der Waals surface area (Å²) < 4.78 is 5.65. The van der Waals surface area contributed by atoms with Crippen molar-refractivity contribution in [2.45, 2.75) is 52.6 Å². The number of aliphatic carboxylic acids is 2. The van der Waals surface area contributed by atoms with Crippen molar-refractivity contribution in [2.24, 2.45) is 11.8 Å². The first-order valence-electron chi connectivity index (χ1n) is 6.53.